The van der Waals surface area contributed by atoms with Gasteiger partial charge in [0.2, 0.25) is 0 Å². The first-order chi connectivity index (χ1) is 13.7. The average molecular weight is 383 g/mol. The van der Waals surface area contributed by atoms with Gasteiger partial charge in [-0.15, -0.1) is 15.3 Å². The Labute approximate surface area is 163 Å². The second-order valence-corrected chi connectivity index (χ2v) is 7.80. The molecule has 0 saturated carbocycles. The summed E-state index contributed by atoms with van der Waals surface area (Å²) in [5.41, 5.74) is 2.98. The summed E-state index contributed by atoms with van der Waals surface area (Å²) in [6, 6.07) is 3.95. The van der Waals surface area contributed by atoms with Gasteiger partial charge in [0.15, 0.2) is 11.5 Å². The van der Waals surface area contributed by atoms with Crippen LogP contribution < -0.4 is 4.90 Å². The van der Waals surface area contributed by atoms with Crippen molar-refractivity contribution >= 4 is 11.5 Å². The van der Waals surface area contributed by atoms with Gasteiger partial charge in [0.05, 0.1) is 13.2 Å². The lowest BCUT2D eigenvalue weighted by atomic mass is 9.96. The van der Waals surface area contributed by atoms with E-state index in [0.717, 1.165) is 79.8 Å². The molecular formula is C19H25N7O2. The number of piperidine rings is 1. The van der Waals surface area contributed by atoms with Crippen molar-refractivity contribution in [2.45, 2.75) is 38.3 Å². The number of hydrogen-bond acceptors (Lipinski definition) is 8. The summed E-state index contributed by atoms with van der Waals surface area (Å²) in [5, 5.41) is 17.7. The lowest BCUT2D eigenvalue weighted by molar-refractivity contribution is 0.102. The van der Waals surface area contributed by atoms with E-state index in [1.165, 1.54) is 0 Å². The lowest BCUT2D eigenvalue weighted by Gasteiger charge is -2.30. The molecule has 0 amide bonds. The predicted octanol–water partition coefficient (Wildman–Crippen LogP) is 1.63. The molecule has 2 aliphatic rings. The standard InChI is InChI=1S/C19H25N7O2/c1-24(2)18-4-3-17-20-21-19(26(17)22-18)13-5-8-25(9-6-13)11-15-14-12-27-10-7-16(14)28-23-15/h3-4,13H,5-12H2,1-2H3. The van der Waals surface area contributed by atoms with E-state index in [1.54, 1.807) is 0 Å². The van der Waals surface area contributed by atoms with E-state index in [-0.39, 0.29) is 0 Å². The van der Waals surface area contributed by atoms with Gasteiger partial charge in [-0.3, -0.25) is 4.90 Å². The predicted molar refractivity (Wildman–Crippen MR) is 102 cm³/mol. The van der Waals surface area contributed by atoms with Gasteiger partial charge in [-0.25, -0.2) is 0 Å². The van der Waals surface area contributed by atoms with Crippen LogP contribution in [0.5, 0.6) is 0 Å². The molecule has 5 rings (SSSR count). The molecule has 0 atom stereocenters. The van der Waals surface area contributed by atoms with E-state index in [4.69, 9.17) is 14.4 Å². The zero-order chi connectivity index (χ0) is 19.1. The molecule has 0 unspecified atom stereocenters. The number of fused-ring (bicyclic) bond motifs is 2. The maximum Gasteiger partial charge on any atom is 0.178 e. The van der Waals surface area contributed by atoms with Crippen LogP contribution in [-0.4, -0.2) is 63.7 Å². The van der Waals surface area contributed by atoms with Gasteiger partial charge in [-0.1, -0.05) is 5.16 Å². The number of anilines is 1. The summed E-state index contributed by atoms with van der Waals surface area (Å²) in [7, 11) is 3.98. The van der Waals surface area contributed by atoms with Gasteiger partial charge in [0.1, 0.15) is 17.3 Å². The van der Waals surface area contributed by atoms with Crippen LogP contribution in [-0.2, 0) is 24.3 Å². The third kappa shape index (κ3) is 3.14. The van der Waals surface area contributed by atoms with Crippen molar-refractivity contribution in [2.24, 2.45) is 0 Å². The summed E-state index contributed by atoms with van der Waals surface area (Å²) in [6.07, 6.45) is 2.89. The van der Waals surface area contributed by atoms with Crippen LogP contribution in [0.4, 0.5) is 5.82 Å². The topological polar surface area (TPSA) is 84.8 Å². The minimum absolute atomic E-state index is 0.366. The first kappa shape index (κ1) is 17.6. The van der Waals surface area contributed by atoms with Crippen LogP contribution in [0.2, 0.25) is 0 Å². The molecule has 1 fully saturated rings. The van der Waals surface area contributed by atoms with Crippen LogP contribution in [0.1, 0.15) is 41.6 Å². The van der Waals surface area contributed by atoms with Crippen molar-refractivity contribution < 1.29 is 9.26 Å². The molecule has 1 saturated heterocycles. The largest absolute Gasteiger partial charge is 0.376 e. The molecule has 148 valence electrons. The molecule has 0 spiro atoms. The third-order valence-electron chi connectivity index (χ3n) is 5.73. The van der Waals surface area contributed by atoms with Crippen molar-refractivity contribution in [1.82, 2.24) is 29.9 Å². The van der Waals surface area contributed by atoms with Crippen LogP contribution in [0.15, 0.2) is 16.7 Å². The fourth-order valence-electron chi connectivity index (χ4n) is 4.06. The number of hydrogen-bond donors (Lipinski definition) is 0. The summed E-state index contributed by atoms with van der Waals surface area (Å²) in [5.74, 6) is 3.23. The van der Waals surface area contributed by atoms with Gasteiger partial charge in [-0.05, 0) is 38.1 Å². The van der Waals surface area contributed by atoms with Crippen molar-refractivity contribution in [3.8, 4) is 0 Å². The van der Waals surface area contributed by atoms with Crippen LogP contribution in [0.3, 0.4) is 0 Å². The van der Waals surface area contributed by atoms with Gasteiger partial charge >= 0.3 is 0 Å². The van der Waals surface area contributed by atoms with Crippen LogP contribution in [0.25, 0.3) is 5.65 Å². The van der Waals surface area contributed by atoms with Crippen molar-refractivity contribution in [1.29, 1.82) is 0 Å². The molecule has 3 aromatic rings. The molecule has 9 heteroatoms. The Morgan fingerprint density at radius 3 is 2.86 bits per heavy atom. The maximum absolute atomic E-state index is 5.57. The van der Waals surface area contributed by atoms with E-state index < -0.39 is 0 Å². The van der Waals surface area contributed by atoms with Crippen LogP contribution >= 0.6 is 0 Å². The highest BCUT2D eigenvalue weighted by Crippen LogP contribution is 2.29. The Bertz CT molecular complexity index is 972. The number of ether oxygens (including phenoxy) is 1. The van der Waals surface area contributed by atoms with Crippen molar-refractivity contribution in [3.63, 3.8) is 0 Å². The summed E-state index contributed by atoms with van der Waals surface area (Å²) in [6.45, 7) is 4.16. The molecular weight excluding hydrogens is 358 g/mol. The SMILES string of the molecule is CN(C)c1ccc2nnc(C3CCN(Cc4noc5c4COCC5)CC3)n2n1. The van der Waals surface area contributed by atoms with E-state index in [9.17, 15) is 0 Å². The van der Waals surface area contributed by atoms with Gasteiger partial charge < -0.3 is 14.2 Å². The molecule has 3 aromatic heterocycles. The summed E-state index contributed by atoms with van der Waals surface area (Å²) in [4.78, 5) is 4.43. The van der Waals surface area contributed by atoms with Crippen molar-refractivity contribution in [2.75, 3.05) is 38.7 Å². The fraction of sp³-hybridized carbons (Fsp3) is 0.579. The highest BCUT2D eigenvalue weighted by atomic mass is 16.5. The molecule has 9 nitrogen and oxygen atoms in total. The van der Waals surface area contributed by atoms with E-state index in [0.29, 0.717) is 12.5 Å². The highest BCUT2D eigenvalue weighted by molar-refractivity contribution is 5.45. The first-order valence-electron chi connectivity index (χ1n) is 9.85. The molecule has 0 aromatic carbocycles. The van der Waals surface area contributed by atoms with Gasteiger partial charge in [0, 0.05) is 38.5 Å². The number of nitrogens with zero attached hydrogens (tertiary/aromatic N) is 7. The molecule has 28 heavy (non-hydrogen) atoms. The number of rotatable bonds is 4. The maximum atomic E-state index is 5.57. The van der Waals surface area contributed by atoms with Gasteiger partial charge in [-0.2, -0.15) is 4.52 Å². The van der Waals surface area contributed by atoms with E-state index in [2.05, 4.69) is 20.3 Å². The van der Waals surface area contributed by atoms with Crippen LogP contribution in [0, 0.1) is 0 Å². The first-order valence-corrected chi connectivity index (χ1v) is 9.85. The fourth-order valence-corrected chi connectivity index (χ4v) is 4.06. The normalized spacial score (nSPS) is 18.5. The molecule has 5 heterocycles. The zero-order valence-electron chi connectivity index (χ0n) is 16.3. The highest BCUT2D eigenvalue weighted by Gasteiger charge is 2.27. The second kappa shape index (κ2) is 7.14. The Balaban J connectivity index is 1.28. The second-order valence-electron chi connectivity index (χ2n) is 7.80. The Morgan fingerprint density at radius 2 is 2.04 bits per heavy atom. The molecule has 0 aliphatic carbocycles. The monoisotopic (exact) mass is 383 g/mol. The molecule has 0 N–H and O–H groups in total. The third-order valence-corrected chi connectivity index (χ3v) is 5.73. The Morgan fingerprint density at radius 1 is 1.18 bits per heavy atom. The Hall–Kier alpha value is -2.52. The van der Waals surface area contributed by atoms with Crippen molar-refractivity contribution in [3.05, 3.63) is 35.0 Å². The summed E-state index contributed by atoms with van der Waals surface area (Å²) < 4.78 is 13.0. The Kier molecular flexibility index (Phi) is 4.48. The minimum atomic E-state index is 0.366. The number of aromatic nitrogens is 5. The van der Waals surface area contributed by atoms with Gasteiger partial charge in [0.25, 0.3) is 0 Å². The molecule has 0 radical (unpaired) electrons. The molecule has 0 bridgehead atoms. The minimum Gasteiger partial charge on any atom is -0.376 e. The number of likely N-dealkylation sites (tertiary alicyclic amines) is 1. The lowest BCUT2D eigenvalue weighted by Crippen LogP contribution is -2.33. The smallest absolute Gasteiger partial charge is 0.178 e. The quantitative estimate of drug-likeness (QED) is 0.672. The molecule has 2 aliphatic heterocycles. The summed E-state index contributed by atoms with van der Waals surface area (Å²) >= 11 is 0. The average Bonchev–Trinajstić information content (AvgIpc) is 3.33. The van der Waals surface area contributed by atoms with E-state index >= 15 is 0 Å². The zero-order valence-corrected chi connectivity index (χ0v) is 16.3. The van der Waals surface area contributed by atoms with E-state index in [1.807, 2.05) is 35.6 Å².